The number of esters is 2. The van der Waals surface area contributed by atoms with Gasteiger partial charge in [-0.1, -0.05) is 12.1 Å². The van der Waals surface area contributed by atoms with Gasteiger partial charge in [-0.15, -0.1) is 20.5 Å². The van der Waals surface area contributed by atoms with Gasteiger partial charge in [0.1, 0.15) is 24.3 Å². The number of aromatic nitrogens is 10. The van der Waals surface area contributed by atoms with Crippen molar-refractivity contribution < 1.29 is 19.1 Å². The summed E-state index contributed by atoms with van der Waals surface area (Å²) in [5.74, 6) is 0.162. The molecule has 0 unspecified atom stereocenters. The second-order valence-electron chi connectivity index (χ2n) is 10.5. The lowest BCUT2D eigenvalue weighted by Gasteiger charge is -2.06. The molecule has 0 spiro atoms. The molecule has 20 nitrogen and oxygen atoms in total. The summed E-state index contributed by atoms with van der Waals surface area (Å²) >= 11 is 0. The largest absolute Gasteiger partial charge is 0.458 e. The minimum absolute atomic E-state index is 0.0341. The van der Waals surface area contributed by atoms with Crippen LogP contribution >= 0.6 is 0 Å². The van der Waals surface area contributed by atoms with Gasteiger partial charge < -0.3 is 20.9 Å². The highest BCUT2D eigenvalue weighted by Crippen LogP contribution is 2.32. The number of ether oxygens (including phenoxy) is 2. The fraction of sp³-hybridized carbons (Fsp3) is 0.200. The molecule has 4 N–H and O–H groups in total. The minimum atomic E-state index is -0.757. The number of nitrogens with zero attached hydrogens (tertiary/aromatic N) is 14. The van der Waals surface area contributed by atoms with Crippen LogP contribution in [0.15, 0.2) is 81.6 Å². The van der Waals surface area contributed by atoms with Crippen molar-refractivity contribution in [1.82, 2.24) is 49.1 Å². The van der Waals surface area contributed by atoms with E-state index in [-0.39, 0.29) is 47.6 Å². The van der Waals surface area contributed by atoms with Crippen LogP contribution in [0.1, 0.15) is 32.1 Å². The molecule has 0 aliphatic rings. The molecule has 0 saturated carbocycles. The van der Waals surface area contributed by atoms with Crippen molar-refractivity contribution in [3.63, 3.8) is 0 Å². The van der Waals surface area contributed by atoms with Gasteiger partial charge in [0.25, 0.3) is 0 Å². The van der Waals surface area contributed by atoms with Gasteiger partial charge in [-0.2, -0.15) is 29.8 Å². The van der Waals surface area contributed by atoms with Gasteiger partial charge >= 0.3 is 11.9 Å². The predicted molar refractivity (Wildman–Crippen MR) is 176 cm³/mol. The summed E-state index contributed by atoms with van der Waals surface area (Å²) in [5.41, 5.74) is 14.2. The van der Waals surface area contributed by atoms with Crippen LogP contribution in [-0.2, 0) is 23.6 Å². The van der Waals surface area contributed by atoms with Crippen LogP contribution in [0.25, 0.3) is 11.6 Å². The van der Waals surface area contributed by atoms with Crippen molar-refractivity contribution in [2.45, 2.75) is 13.8 Å². The Morgan fingerprint density at radius 3 is 1.48 bits per heavy atom. The predicted octanol–water partition coefficient (Wildman–Crippen LogP) is 3.94. The van der Waals surface area contributed by atoms with E-state index in [0.29, 0.717) is 34.4 Å². The number of aryl methyl sites for hydroxylation is 4. The van der Waals surface area contributed by atoms with Gasteiger partial charge in [-0.25, -0.2) is 28.9 Å². The Kier molecular flexibility index (Phi) is 9.14. The number of nitrogen functional groups attached to an aromatic ring is 2. The summed E-state index contributed by atoms with van der Waals surface area (Å²) in [6.45, 7) is 2.91. The van der Waals surface area contributed by atoms with Gasteiger partial charge in [0.2, 0.25) is 0 Å². The third-order valence-electron chi connectivity index (χ3n) is 7.15. The number of carbonyl (C=O) groups excluding carboxylic acids is 2. The normalized spacial score (nSPS) is 11.5. The fourth-order valence-electron chi connectivity index (χ4n) is 4.63. The van der Waals surface area contributed by atoms with E-state index in [2.05, 4.69) is 50.8 Å². The molecule has 0 saturated heterocycles. The maximum absolute atomic E-state index is 12.9. The summed E-state index contributed by atoms with van der Waals surface area (Å²) in [4.78, 5) is 34.3. The van der Waals surface area contributed by atoms with Crippen LogP contribution in [0.2, 0.25) is 0 Å². The van der Waals surface area contributed by atoms with Crippen LogP contribution in [0.4, 0.5) is 34.6 Å². The number of anilines is 2. The van der Waals surface area contributed by atoms with Gasteiger partial charge in [-0.3, -0.25) is 0 Å². The Morgan fingerprint density at radius 2 is 1.10 bits per heavy atom. The molecule has 0 atom stereocenters. The van der Waals surface area contributed by atoms with Crippen molar-refractivity contribution in [3.05, 3.63) is 83.7 Å². The molecule has 6 heterocycles. The van der Waals surface area contributed by atoms with Crippen LogP contribution in [-0.4, -0.2) is 74.2 Å². The van der Waals surface area contributed by atoms with E-state index < -0.39 is 11.9 Å². The van der Waals surface area contributed by atoms with E-state index in [9.17, 15) is 9.59 Å². The quantitative estimate of drug-likeness (QED) is 0.112. The van der Waals surface area contributed by atoms with E-state index in [1.807, 2.05) is 0 Å². The molecule has 50 heavy (non-hydrogen) atoms. The first-order chi connectivity index (χ1) is 24.1. The monoisotopic (exact) mass is 678 g/mol. The Hall–Kier alpha value is -7.12. The van der Waals surface area contributed by atoms with E-state index in [1.165, 1.54) is 31.1 Å². The second-order valence-corrected chi connectivity index (χ2v) is 10.5. The molecule has 6 rings (SSSR count). The Balaban J connectivity index is 1.08. The Morgan fingerprint density at radius 1 is 0.680 bits per heavy atom. The lowest BCUT2D eigenvalue weighted by Crippen LogP contribution is -2.14. The highest BCUT2D eigenvalue weighted by molar-refractivity contribution is 5.94. The molecule has 6 aromatic heterocycles. The fourth-order valence-corrected chi connectivity index (χ4v) is 4.63. The molecule has 0 fully saturated rings. The molecular weight excluding hydrogens is 648 g/mol. The summed E-state index contributed by atoms with van der Waals surface area (Å²) < 4.78 is 16.2. The molecule has 0 amide bonds. The molecule has 0 aromatic carbocycles. The SMILES string of the molecule is Cc1nn(-c2ccccn2)c(N)c1N=Nc1c(C(=O)OCCOC(=O)c2cnn(C)c2N=Nc2c(C)nn(-c3ccccn3)c2N)cnn1C. The highest BCUT2D eigenvalue weighted by atomic mass is 16.6. The van der Waals surface area contributed by atoms with Gasteiger partial charge in [-0.05, 0) is 38.1 Å². The Bertz CT molecular complexity index is 2070. The topological polar surface area (TPSA) is 251 Å². The zero-order valence-electron chi connectivity index (χ0n) is 27.2. The van der Waals surface area contributed by atoms with E-state index in [4.69, 9.17) is 20.9 Å². The van der Waals surface area contributed by atoms with Gasteiger partial charge in [0.15, 0.2) is 46.3 Å². The maximum atomic E-state index is 12.9. The minimum Gasteiger partial charge on any atom is -0.458 e. The lowest BCUT2D eigenvalue weighted by atomic mass is 10.3. The van der Waals surface area contributed by atoms with E-state index in [1.54, 1.807) is 76.7 Å². The van der Waals surface area contributed by atoms with E-state index >= 15 is 0 Å². The van der Waals surface area contributed by atoms with Crippen molar-refractivity contribution >= 4 is 46.6 Å². The third kappa shape index (κ3) is 6.52. The number of rotatable bonds is 11. The number of hydrogen-bond donors (Lipinski definition) is 2. The molecule has 20 heteroatoms. The summed E-state index contributed by atoms with van der Waals surface area (Å²) in [5, 5.41) is 33.8. The molecule has 0 radical (unpaired) electrons. The number of pyridine rings is 2. The van der Waals surface area contributed by atoms with Crippen LogP contribution in [0.3, 0.4) is 0 Å². The lowest BCUT2D eigenvalue weighted by molar-refractivity contribution is 0.0266. The van der Waals surface area contributed by atoms with Crippen molar-refractivity contribution in [3.8, 4) is 11.6 Å². The zero-order valence-corrected chi connectivity index (χ0v) is 27.2. The Labute approximate surface area is 283 Å². The van der Waals surface area contributed by atoms with Gasteiger partial charge in [0.05, 0.1) is 23.8 Å². The first-order valence-corrected chi connectivity index (χ1v) is 14.9. The second kappa shape index (κ2) is 13.9. The van der Waals surface area contributed by atoms with Crippen LogP contribution < -0.4 is 11.5 Å². The van der Waals surface area contributed by atoms with Crippen molar-refractivity contribution in [1.29, 1.82) is 0 Å². The number of hydrogen-bond acceptors (Lipinski definition) is 16. The standard InChI is InChI=1S/C30H30N16O4/c1-17-23(25(31)45(41-17)21-9-5-7-11-33-21)37-39-27-19(15-35-43(27)3)29(47)49-13-14-50-30(48)20-16-36-44(4)28(20)40-38-24-18(2)42-46(26(24)32)22-10-6-8-12-34-22/h5-12,15-16H,13-14,31-32H2,1-4H3. The molecule has 0 bridgehead atoms. The maximum Gasteiger partial charge on any atom is 0.343 e. The molecule has 0 aliphatic heterocycles. The third-order valence-corrected chi connectivity index (χ3v) is 7.15. The highest BCUT2D eigenvalue weighted by Gasteiger charge is 2.22. The van der Waals surface area contributed by atoms with Crippen LogP contribution in [0.5, 0.6) is 0 Å². The molecule has 6 aromatic rings. The average Bonchev–Trinajstić information content (AvgIpc) is 3.84. The number of carbonyl (C=O) groups is 2. The molecule has 254 valence electrons. The number of azo groups is 2. The average molecular weight is 679 g/mol. The summed E-state index contributed by atoms with van der Waals surface area (Å²) in [6.07, 6.45) is 5.81. The van der Waals surface area contributed by atoms with Crippen LogP contribution in [0, 0.1) is 13.8 Å². The first kappa shape index (κ1) is 32.8. The first-order valence-electron chi connectivity index (χ1n) is 14.9. The van der Waals surface area contributed by atoms with E-state index in [0.717, 1.165) is 0 Å². The summed E-state index contributed by atoms with van der Waals surface area (Å²) in [6, 6.07) is 10.7. The summed E-state index contributed by atoms with van der Waals surface area (Å²) in [7, 11) is 3.18. The molecule has 0 aliphatic carbocycles. The smallest absolute Gasteiger partial charge is 0.343 e. The zero-order chi connectivity index (χ0) is 35.4. The van der Waals surface area contributed by atoms with Crippen molar-refractivity contribution in [2.24, 2.45) is 34.6 Å². The van der Waals surface area contributed by atoms with Crippen molar-refractivity contribution in [2.75, 3.05) is 24.7 Å². The number of nitrogens with two attached hydrogens (primary N) is 2. The molecular formula is C30H30N16O4. The van der Waals surface area contributed by atoms with Gasteiger partial charge in [0, 0.05) is 26.5 Å².